The van der Waals surface area contributed by atoms with Gasteiger partial charge in [0.05, 0.1) is 16.7 Å². The van der Waals surface area contributed by atoms with Crippen LogP contribution in [-0.2, 0) is 9.47 Å². The quantitative estimate of drug-likeness (QED) is 0.908. The minimum absolute atomic E-state index is 0.0550. The average Bonchev–Trinajstić information content (AvgIpc) is 2.50. The molecule has 3 nitrogen and oxygen atoms in total. The van der Waals surface area contributed by atoms with E-state index in [0.29, 0.717) is 25.4 Å². The lowest BCUT2D eigenvalue weighted by molar-refractivity contribution is -0.159. The van der Waals surface area contributed by atoms with E-state index in [9.17, 15) is 9.50 Å². The first-order chi connectivity index (χ1) is 10.1. The number of hydrogen-bond acceptors (Lipinski definition) is 3. The predicted octanol–water partition coefficient (Wildman–Crippen LogP) is 3.49. The Labute approximate surface area is 129 Å². The van der Waals surface area contributed by atoms with Crippen LogP contribution in [0, 0.1) is 11.7 Å². The minimum atomic E-state index is -0.633. The van der Waals surface area contributed by atoms with Gasteiger partial charge < -0.3 is 14.6 Å². The molecule has 2 heterocycles. The van der Waals surface area contributed by atoms with E-state index in [4.69, 9.17) is 21.1 Å². The molecule has 21 heavy (non-hydrogen) atoms. The molecule has 2 fully saturated rings. The van der Waals surface area contributed by atoms with Crippen LogP contribution in [0.4, 0.5) is 4.39 Å². The van der Waals surface area contributed by atoms with E-state index >= 15 is 0 Å². The zero-order valence-corrected chi connectivity index (χ0v) is 12.6. The highest BCUT2D eigenvalue weighted by molar-refractivity contribution is 6.30. The topological polar surface area (TPSA) is 38.7 Å². The van der Waals surface area contributed by atoms with Crippen molar-refractivity contribution >= 4 is 11.6 Å². The van der Waals surface area contributed by atoms with Gasteiger partial charge in [-0.1, -0.05) is 17.7 Å². The summed E-state index contributed by atoms with van der Waals surface area (Å²) >= 11 is 5.81. The summed E-state index contributed by atoms with van der Waals surface area (Å²) in [7, 11) is 0. The Bertz CT molecular complexity index is 497. The molecule has 0 saturated carbocycles. The molecule has 5 heteroatoms. The van der Waals surface area contributed by atoms with Crippen molar-refractivity contribution in [2.75, 3.05) is 19.8 Å². The fraction of sp³-hybridized carbons (Fsp3) is 0.625. The molecule has 2 saturated heterocycles. The van der Waals surface area contributed by atoms with Gasteiger partial charge in [-0.2, -0.15) is 0 Å². The molecule has 1 N–H and O–H groups in total. The third-order valence-electron chi connectivity index (χ3n) is 4.67. The lowest BCUT2D eigenvalue weighted by Crippen LogP contribution is -2.45. The Kier molecular flexibility index (Phi) is 4.50. The smallest absolute Gasteiger partial charge is 0.141 e. The van der Waals surface area contributed by atoms with Crippen LogP contribution in [0.5, 0.6) is 0 Å². The maximum Gasteiger partial charge on any atom is 0.141 e. The third-order valence-corrected chi connectivity index (χ3v) is 4.96. The molecule has 0 aromatic heterocycles. The van der Waals surface area contributed by atoms with Crippen molar-refractivity contribution in [3.05, 3.63) is 34.6 Å². The largest absolute Gasteiger partial charge is 0.388 e. The van der Waals surface area contributed by atoms with Crippen molar-refractivity contribution in [2.24, 2.45) is 5.92 Å². The van der Waals surface area contributed by atoms with Gasteiger partial charge in [0, 0.05) is 19.8 Å². The van der Waals surface area contributed by atoms with Crippen LogP contribution < -0.4 is 0 Å². The molecule has 2 aliphatic rings. The fourth-order valence-corrected chi connectivity index (χ4v) is 3.58. The molecule has 3 rings (SSSR count). The molecule has 0 amide bonds. The summed E-state index contributed by atoms with van der Waals surface area (Å²) in [6.45, 7) is 2.08. The summed E-state index contributed by atoms with van der Waals surface area (Å²) in [6, 6.07) is 4.44. The second-order valence-electron chi connectivity index (χ2n) is 6.02. The molecule has 2 atom stereocenters. The van der Waals surface area contributed by atoms with Crippen LogP contribution in [0.15, 0.2) is 18.2 Å². The van der Waals surface area contributed by atoms with E-state index in [1.165, 1.54) is 12.1 Å². The Morgan fingerprint density at radius 3 is 2.76 bits per heavy atom. The van der Waals surface area contributed by atoms with E-state index in [0.717, 1.165) is 25.7 Å². The Morgan fingerprint density at radius 1 is 1.29 bits per heavy atom. The number of ether oxygens (including phenoxy) is 2. The SMILES string of the molecule is OC(c1ccc(F)c(Cl)c1)C1CCOC2(CCOCC2)C1. The van der Waals surface area contributed by atoms with E-state index in [1.54, 1.807) is 6.07 Å². The molecule has 0 bridgehead atoms. The molecule has 2 aliphatic heterocycles. The van der Waals surface area contributed by atoms with Gasteiger partial charge in [0.15, 0.2) is 0 Å². The predicted molar refractivity (Wildman–Crippen MR) is 77.8 cm³/mol. The van der Waals surface area contributed by atoms with Crippen LogP contribution in [0.3, 0.4) is 0 Å². The number of benzene rings is 1. The van der Waals surface area contributed by atoms with Crippen molar-refractivity contribution in [2.45, 2.75) is 37.4 Å². The molecular formula is C16H20ClFO3. The van der Waals surface area contributed by atoms with Gasteiger partial charge >= 0.3 is 0 Å². The van der Waals surface area contributed by atoms with Crippen molar-refractivity contribution in [1.29, 1.82) is 0 Å². The highest BCUT2D eigenvalue weighted by Gasteiger charge is 2.41. The average molecular weight is 315 g/mol. The lowest BCUT2D eigenvalue weighted by Gasteiger charge is -2.44. The van der Waals surface area contributed by atoms with Crippen LogP contribution >= 0.6 is 11.6 Å². The third kappa shape index (κ3) is 3.24. The maximum atomic E-state index is 13.2. The van der Waals surface area contributed by atoms with E-state index < -0.39 is 11.9 Å². The molecular weight excluding hydrogens is 295 g/mol. The molecule has 1 aromatic carbocycles. The lowest BCUT2D eigenvalue weighted by atomic mass is 9.77. The summed E-state index contributed by atoms with van der Waals surface area (Å²) in [4.78, 5) is 0. The van der Waals surface area contributed by atoms with Gasteiger partial charge in [0.25, 0.3) is 0 Å². The van der Waals surface area contributed by atoms with Gasteiger partial charge in [0.1, 0.15) is 5.82 Å². The van der Waals surface area contributed by atoms with E-state index in [2.05, 4.69) is 0 Å². The van der Waals surface area contributed by atoms with Crippen LogP contribution in [-0.4, -0.2) is 30.5 Å². The molecule has 0 radical (unpaired) electrons. The highest BCUT2D eigenvalue weighted by atomic mass is 35.5. The van der Waals surface area contributed by atoms with Gasteiger partial charge in [-0.05, 0) is 49.3 Å². The summed E-state index contributed by atoms with van der Waals surface area (Å²) in [5, 5.41) is 10.7. The maximum absolute atomic E-state index is 13.2. The van der Waals surface area contributed by atoms with E-state index in [-0.39, 0.29) is 16.5 Å². The van der Waals surface area contributed by atoms with Crippen molar-refractivity contribution < 1.29 is 19.0 Å². The zero-order valence-electron chi connectivity index (χ0n) is 11.9. The van der Waals surface area contributed by atoms with Crippen LogP contribution in [0.1, 0.15) is 37.4 Å². The second kappa shape index (κ2) is 6.21. The fourth-order valence-electron chi connectivity index (χ4n) is 3.40. The normalized spacial score (nSPS) is 26.7. The van der Waals surface area contributed by atoms with Crippen molar-refractivity contribution in [1.82, 2.24) is 0 Å². The van der Waals surface area contributed by atoms with E-state index in [1.807, 2.05) is 0 Å². The first kappa shape index (κ1) is 15.2. The molecule has 1 spiro atoms. The number of hydrogen-bond donors (Lipinski definition) is 1. The number of rotatable bonds is 2. The first-order valence-electron chi connectivity index (χ1n) is 7.44. The molecule has 116 valence electrons. The minimum Gasteiger partial charge on any atom is -0.388 e. The van der Waals surface area contributed by atoms with Gasteiger partial charge in [-0.3, -0.25) is 0 Å². The summed E-state index contributed by atoms with van der Waals surface area (Å²) in [5.74, 6) is -0.348. The summed E-state index contributed by atoms with van der Waals surface area (Å²) < 4.78 is 24.6. The number of aliphatic hydroxyl groups excluding tert-OH is 1. The molecule has 2 unspecified atom stereocenters. The standard InChI is InChI=1S/C16H20ClFO3/c17-13-9-11(1-2-14(13)18)15(19)12-3-6-21-16(10-12)4-7-20-8-5-16/h1-2,9,12,15,19H,3-8,10H2. The zero-order chi connectivity index (χ0) is 14.9. The second-order valence-corrected chi connectivity index (χ2v) is 6.42. The highest BCUT2D eigenvalue weighted by Crippen LogP contribution is 2.42. The monoisotopic (exact) mass is 314 g/mol. The number of aliphatic hydroxyl groups is 1. The Balaban J connectivity index is 1.74. The Morgan fingerprint density at radius 2 is 2.05 bits per heavy atom. The molecule has 1 aromatic rings. The first-order valence-corrected chi connectivity index (χ1v) is 7.82. The van der Waals surface area contributed by atoms with Crippen molar-refractivity contribution in [3.8, 4) is 0 Å². The summed E-state index contributed by atoms with van der Waals surface area (Å²) in [5.41, 5.74) is 0.516. The van der Waals surface area contributed by atoms with Crippen LogP contribution in [0.25, 0.3) is 0 Å². The molecule has 0 aliphatic carbocycles. The Hall–Kier alpha value is -0.680. The van der Waals surface area contributed by atoms with Crippen LogP contribution in [0.2, 0.25) is 5.02 Å². The van der Waals surface area contributed by atoms with Gasteiger partial charge in [-0.15, -0.1) is 0 Å². The number of halogens is 2. The summed E-state index contributed by atoms with van der Waals surface area (Å²) in [6.07, 6.45) is 2.73. The van der Waals surface area contributed by atoms with Gasteiger partial charge in [0.2, 0.25) is 0 Å². The van der Waals surface area contributed by atoms with Crippen molar-refractivity contribution in [3.63, 3.8) is 0 Å². The van der Waals surface area contributed by atoms with Gasteiger partial charge in [-0.25, -0.2) is 4.39 Å².